The Bertz CT molecular complexity index is 629. The Morgan fingerprint density at radius 2 is 2.15 bits per heavy atom. The SMILES string of the molecule is CCc1ccc(C2C=C(N)ON2Cc2ccc(C)o2)s1. The predicted molar refractivity (Wildman–Crippen MR) is 78.8 cm³/mol. The van der Waals surface area contributed by atoms with Crippen molar-refractivity contribution in [3.05, 3.63) is 57.5 Å². The smallest absolute Gasteiger partial charge is 0.207 e. The van der Waals surface area contributed by atoms with Crippen molar-refractivity contribution in [1.82, 2.24) is 5.06 Å². The second-order valence-corrected chi connectivity index (χ2v) is 6.05. The van der Waals surface area contributed by atoms with Gasteiger partial charge in [-0.05, 0) is 37.6 Å². The summed E-state index contributed by atoms with van der Waals surface area (Å²) in [5.41, 5.74) is 5.82. The highest BCUT2D eigenvalue weighted by Gasteiger charge is 2.29. The molecule has 5 heteroatoms. The molecule has 0 saturated heterocycles. The van der Waals surface area contributed by atoms with E-state index < -0.39 is 0 Å². The Labute approximate surface area is 122 Å². The monoisotopic (exact) mass is 290 g/mol. The molecule has 4 nitrogen and oxygen atoms in total. The third-order valence-electron chi connectivity index (χ3n) is 3.29. The Balaban J connectivity index is 1.80. The topological polar surface area (TPSA) is 51.6 Å². The number of rotatable bonds is 4. The number of hydrogen-bond acceptors (Lipinski definition) is 5. The molecule has 0 radical (unpaired) electrons. The molecule has 0 bridgehead atoms. The number of hydrogen-bond donors (Lipinski definition) is 1. The van der Waals surface area contributed by atoms with Crippen molar-refractivity contribution in [2.45, 2.75) is 32.9 Å². The Kier molecular flexibility index (Phi) is 3.54. The number of furan rings is 1. The average Bonchev–Trinajstić information content (AvgIpc) is 3.10. The van der Waals surface area contributed by atoms with E-state index in [9.17, 15) is 0 Å². The standard InChI is InChI=1S/C15H18N2O2S/c1-3-12-6-7-14(20-12)13-8-15(16)19-17(13)9-11-5-4-10(2)18-11/h4-8,13H,3,9,16H2,1-2H3. The van der Waals surface area contributed by atoms with Crippen LogP contribution in [0.15, 0.2) is 40.6 Å². The van der Waals surface area contributed by atoms with Gasteiger partial charge in [0.25, 0.3) is 0 Å². The van der Waals surface area contributed by atoms with Gasteiger partial charge in [-0.15, -0.1) is 16.4 Å². The lowest BCUT2D eigenvalue weighted by atomic mass is 10.2. The van der Waals surface area contributed by atoms with Crippen molar-refractivity contribution in [3.63, 3.8) is 0 Å². The number of thiophene rings is 1. The second-order valence-electron chi connectivity index (χ2n) is 4.85. The summed E-state index contributed by atoms with van der Waals surface area (Å²) in [5.74, 6) is 2.23. The molecule has 2 N–H and O–H groups in total. The Hall–Kier alpha value is -1.72. The van der Waals surface area contributed by atoms with Crippen LogP contribution in [0, 0.1) is 6.92 Å². The zero-order chi connectivity index (χ0) is 14.1. The van der Waals surface area contributed by atoms with Gasteiger partial charge in [0.1, 0.15) is 17.6 Å². The summed E-state index contributed by atoms with van der Waals surface area (Å²) in [6.07, 6.45) is 3.00. The second kappa shape index (κ2) is 5.34. The largest absolute Gasteiger partial charge is 0.465 e. The molecule has 0 spiro atoms. The third-order valence-corrected chi connectivity index (χ3v) is 4.59. The molecule has 2 aromatic heterocycles. The quantitative estimate of drug-likeness (QED) is 0.936. The van der Waals surface area contributed by atoms with Crippen LogP contribution in [0.3, 0.4) is 0 Å². The van der Waals surface area contributed by atoms with Crippen LogP contribution in [-0.2, 0) is 17.8 Å². The van der Waals surface area contributed by atoms with Gasteiger partial charge >= 0.3 is 0 Å². The van der Waals surface area contributed by atoms with Crippen LogP contribution in [0.2, 0.25) is 0 Å². The minimum Gasteiger partial charge on any atom is -0.465 e. The first-order chi connectivity index (χ1) is 9.65. The van der Waals surface area contributed by atoms with Crippen molar-refractivity contribution in [2.75, 3.05) is 0 Å². The van der Waals surface area contributed by atoms with E-state index in [4.69, 9.17) is 15.0 Å². The minimum atomic E-state index is 0.0608. The first-order valence-corrected chi connectivity index (χ1v) is 7.53. The van der Waals surface area contributed by atoms with Gasteiger partial charge in [0, 0.05) is 15.8 Å². The average molecular weight is 290 g/mol. The molecule has 20 heavy (non-hydrogen) atoms. The van der Waals surface area contributed by atoms with E-state index in [2.05, 4.69) is 19.1 Å². The van der Waals surface area contributed by atoms with Crippen LogP contribution in [0.4, 0.5) is 0 Å². The van der Waals surface area contributed by atoms with E-state index in [0.717, 1.165) is 17.9 Å². The molecule has 1 aliphatic heterocycles. The summed E-state index contributed by atoms with van der Waals surface area (Å²) < 4.78 is 5.61. The predicted octanol–water partition coefficient (Wildman–Crippen LogP) is 3.50. The summed E-state index contributed by atoms with van der Waals surface area (Å²) in [7, 11) is 0. The van der Waals surface area contributed by atoms with Crippen molar-refractivity contribution >= 4 is 11.3 Å². The molecule has 0 amide bonds. The van der Waals surface area contributed by atoms with Crippen molar-refractivity contribution in [1.29, 1.82) is 0 Å². The molecule has 1 aliphatic rings. The van der Waals surface area contributed by atoms with E-state index in [1.54, 1.807) is 11.3 Å². The van der Waals surface area contributed by atoms with E-state index in [1.807, 2.05) is 30.2 Å². The molecule has 0 saturated carbocycles. The fraction of sp³-hybridized carbons (Fsp3) is 0.333. The molecule has 3 heterocycles. The van der Waals surface area contributed by atoms with E-state index in [1.165, 1.54) is 9.75 Å². The first kappa shape index (κ1) is 13.3. The minimum absolute atomic E-state index is 0.0608. The van der Waals surface area contributed by atoms with Gasteiger partial charge < -0.3 is 15.0 Å². The van der Waals surface area contributed by atoms with Gasteiger partial charge in [-0.2, -0.15) is 0 Å². The number of nitrogens with zero attached hydrogens (tertiary/aromatic N) is 1. The molecule has 1 unspecified atom stereocenters. The highest BCUT2D eigenvalue weighted by molar-refractivity contribution is 7.12. The lowest BCUT2D eigenvalue weighted by Crippen LogP contribution is -2.22. The van der Waals surface area contributed by atoms with Crippen LogP contribution < -0.4 is 5.73 Å². The van der Waals surface area contributed by atoms with E-state index >= 15 is 0 Å². The summed E-state index contributed by atoms with van der Waals surface area (Å²) in [6.45, 7) is 4.68. The molecular formula is C15H18N2O2S. The summed E-state index contributed by atoms with van der Waals surface area (Å²) >= 11 is 1.80. The lowest BCUT2D eigenvalue weighted by Gasteiger charge is -2.20. The fourth-order valence-electron chi connectivity index (χ4n) is 2.28. The number of nitrogens with two attached hydrogens (primary N) is 1. The fourth-order valence-corrected chi connectivity index (χ4v) is 3.31. The summed E-state index contributed by atoms with van der Waals surface area (Å²) in [5, 5.41) is 1.86. The van der Waals surface area contributed by atoms with Gasteiger partial charge in [-0.25, -0.2) is 0 Å². The molecule has 2 aromatic rings. The van der Waals surface area contributed by atoms with Crippen LogP contribution in [0.5, 0.6) is 0 Å². The number of hydroxylamine groups is 2. The molecular weight excluding hydrogens is 272 g/mol. The molecule has 106 valence electrons. The zero-order valence-electron chi connectivity index (χ0n) is 11.6. The maximum atomic E-state index is 5.82. The van der Waals surface area contributed by atoms with Crippen LogP contribution >= 0.6 is 11.3 Å². The van der Waals surface area contributed by atoms with E-state index in [-0.39, 0.29) is 6.04 Å². The molecule has 1 atom stereocenters. The zero-order valence-corrected chi connectivity index (χ0v) is 12.4. The normalized spacial score (nSPS) is 19.1. The van der Waals surface area contributed by atoms with Gasteiger partial charge in [0.2, 0.25) is 5.88 Å². The van der Waals surface area contributed by atoms with Crippen molar-refractivity contribution in [3.8, 4) is 0 Å². The molecule has 3 rings (SSSR count). The van der Waals surface area contributed by atoms with Gasteiger partial charge in [0.05, 0.1) is 6.54 Å². The van der Waals surface area contributed by atoms with Gasteiger partial charge in [-0.3, -0.25) is 0 Å². The van der Waals surface area contributed by atoms with E-state index in [0.29, 0.717) is 12.4 Å². The lowest BCUT2D eigenvalue weighted by molar-refractivity contribution is -0.130. The first-order valence-electron chi connectivity index (χ1n) is 6.71. The van der Waals surface area contributed by atoms with Crippen molar-refractivity contribution in [2.24, 2.45) is 5.73 Å². The molecule has 0 aromatic carbocycles. The van der Waals surface area contributed by atoms with Gasteiger partial charge in [0.15, 0.2) is 0 Å². The molecule has 0 aliphatic carbocycles. The Morgan fingerprint density at radius 1 is 1.30 bits per heavy atom. The van der Waals surface area contributed by atoms with Crippen LogP contribution in [-0.4, -0.2) is 5.06 Å². The maximum Gasteiger partial charge on any atom is 0.207 e. The highest BCUT2D eigenvalue weighted by atomic mass is 32.1. The van der Waals surface area contributed by atoms with Crippen molar-refractivity contribution < 1.29 is 9.25 Å². The third kappa shape index (κ3) is 2.59. The maximum absolute atomic E-state index is 5.82. The number of aryl methyl sites for hydroxylation is 2. The molecule has 0 fully saturated rings. The van der Waals surface area contributed by atoms with Crippen LogP contribution in [0.1, 0.15) is 34.2 Å². The van der Waals surface area contributed by atoms with Gasteiger partial charge in [-0.1, -0.05) is 6.92 Å². The Morgan fingerprint density at radius 3 is 2.80 bits per heavy atom. The summed E-state index contributed by atoms with van der Waals surface area (Å²) in [4.78, 5) is 8.21. The summed E-state index contributed by atoms with van der Waals surface area (Å²) in [6, 6.07) is 8.30. The van der Waals surface area contributed by atoms with Crippen LogP contribution in [0.25, 0.3) is 0 Å². The highest BCUT2D eigenvalue weighted by Crippen LogP contribution is 2.35.